The maximum Gasteiger partial charge on any atom is 0.315 e. The third-order valence-corrected chi connectivity index (χ3v) is 4.14. The van der Waals surface area contributed by atoms with Crippen LogP contribution in [0, 0.1) is 0 Å². The molecule has 24 heavy (non-hydrogen) atoms. The molecule has 0 fully saturated rings. The summed E-state index contributed by atoms with van der Waals surface area (Å²) >= 11 is 0. The van der Waals surface area contributed by atoms with Crippen molar-refractivity contribution in [2.45, 2.75) is 52.0 Å². The molecule has 0 aliphatic carbocycles. The highest BCUT2D eigenvalue weighted by molar-refractivity contribution is 5.73. The van der Waals surface area contributed by atoms with E-state index in [0.29, 0.717) is 18.8 Å². The van der Waals surface area contributed by atoms with Gasteiger partial charge in [0, 0.05) is 18.0 Å². The predicted octanol–water partition coefficient (Wildman–Crippen LogP) is 3.75. The maximum absolute atomic E-state index is 11.9. The highest BCUT2D eigenvalue weighted by Crippen LogP contribution is 2.27. The average Bonchev–Trinajstić information content (AvgIpc) is 3.04. The molecule has 5 heteroatoms. The Morgan fingerprint density at radius 2 is 1.62 bits per heavy atom. The third kappa shape index (κ3) is 4.85. The minimum absolute atomic E-state index is 0.141. The molecule has 130 valence electrons. The van der Waals surface area contributed by atoms with Gasteiger partial charge >= 0.3 is 6.03 Å². The van der Waals surface area contributed by atoms with Crippen molar-refractivity contribution in [1.82, 2.24) is 15.8 Å². The maximum atomic E-state index is 11.9. The Morgan fingerprint density at radius 3 is 2.17 bits per heavy atom. The van der Waals surface area contributed by atoms with E-state index in [2.05, 4.69) is 74.7 Å². The van der Waals surface area contributed by atoms with Crippen LogP contribution in [0.25, 0.3) is 0 Å². The number of nitrogens with zero attached hydrogens (tertiary/aromatic N) is 1. The van der Waals surface area contributed by atoms with Gasteiger partial charge in [-0.3, -0.25) is 0 Å². The van der Waals surface area contributed by atoms with E-state index in [9.17, 15) is 4.79 Å². The zero-order chi connectivity index (χ0) is 17.8. The Kier molecular flexibility index (Phi) is 5.32. The van der Waals surface area contributed by atoms with E-state index in [1.165, 1.54) is 17.4 Å². The predicted molar refractivity (Wildman–Crippen MR) is 94.9 cm³/mol. The molecule has 2 amide bonds. The molecule has 1 aromatic heterocycles. The number of carbonyl (C=O) groups excluding carboxylic acids is 1. The van der Waals surface area contributed by atoms with Crippen LogP contribution >= 0.6 is 0 Å². The standard InChI is InChI=1S/C19H27N3O2/c1-18(2,3)14-6-8-15(9-7-14)19(4,5)13-21-17(23)20-12-16-10-11-24-22-16/h6-11H,12-13H2,1-5H3,(H2,20,21,23). The summed E-state index contributed by atoms with van der Waals surface area (Å²) in [6.07, 6.45) is 1.49. The minimum Gasteiger partial charge on any atom is -0.364 e. The van der Waals surface area contributed by atoms with E-state index in [1.807, 2.05) is 0 Å². The third-order valence-electron chi connectivity index (χ3n) is 4.14. The molecule has 1 aromatic carbocycles. The second-order valence-corrected chi connectivity index (χ2v) is 7.74. The lowest BCUT2D eigenvalue weighted by molar-refractivity contribution is 0.237. The van der Waals surface area contributed by atoms with E-state index in [4.69, 9.17) is 4.52 Å². The van der Waals surface area contributed by atoms with Gasteiger partial charge in [-0.2, -0.15) is 0 Å². The van der Waals surface area contributed by atoms with Crippen LogP contribution in [0.15, 0.2) is 41.1 Å². The molecule has 0 radical (unpaired) electrons. The summed E-state index contributed by atoms with van der Waals surface area (Å²) in [6.45, 7) is 11.7. The van der Waals surface area contributed by atoms with Crippen LogP contribution in [0.5, 0.6) is 0 Å². The molecule has 0 bridgehead atoms. The molecule has 2 rings (SSSR count). The SMILES string of the molecule is CC(C)(C)c1ccc(C(C)(C)CNC(=O)NCc2ccon2)cc1. The van der Waals surface area contributed by atoms with Crippen molar-refractivity contribution in [2.24, 2.45) is 0 Å². The molecular weight excluding hydrogens is 302 g/mol. The Morgan fingerprint density at radius 1 is 1.00 bits per heavy atom. The molecule has 0 aliphatic rings. The van der Waals surface area contributed by atoms with E-state index in [-0.39, 0.29) is 16.9 Å². The number of hydrogen-bond donors (Lipinski definition) is 2. The number of urea groups is 1. The molecule has 0 unspecified atom stereocenters. The first-order valence-corrected chi connectivity index (χ1v) is 8.20. The van der Waals surface area contributed by atoms with Gasteiger partial charge in [0.2, 0.25) is 0 Å². The minimum atomic E-state index is -0.211. The van der Waals surface area contributed by atoms with Crippen molar-refractivity contribution in [2.75, 3.05) is 6.54 Å². The smallest absolute Gasteiger partial charge is 0.315 e. The molecule has 2 aromatic rings. The lowest BCUT2D eigenvalue weighted by Crippen LogP contribution is -2.42. The van der Waals surface area contributed by atoms with E-state index < -0.39 is 0 Å². The van der Waals surface area contributed by atoms with Gasteiger partial charge in [0.1, 0.15) is 12.0 Å². The van der Waals surface area contributed by atoms with Crippen LogP contribution in [0.4, 0.5) is 4.79 Å². The quantitative estimate of drug-likeness (QED) is 0.878. The van der Waals surface area contributed by atoms with Gasteiger partial charge in [-0.15, -0.1) is 0 Å². The van der Waals surface area contributed by atoms with Crippen molar-refractivity contribution in [3.8, 4) is 0 Å². The average molecular weight is 329 g/mol. The summed E-state index contributed by atoms with van der Waals surface area (Å²) in [5.41, 5.74) is 3.19. The van der Waals surface area contributed by atoms with Gasteiger partial charge in [0.15, 0.2) is 0 Å². The van der Waals surface area contributed by atoms with Gasteiger partial charge in [-0.05, 0) is 16.5 Å². The molecule has 0 saturated heterocycles. The van der Waals surface area contributed by atoms with Gasteiger partial charge in [0.25, 0.3) is 0 Å². The van der Waals surface area contributed by atoms with Gasteiger partial charge in [-0.1, -0.05) is 64.0 Å². The molecule has 0 atom stereocenters. The molecule has 0 saturated carbocycles. The first-order valence-electron chi connectivity index (χ1n) is 8.20. The molecule has 2 N–H and O–H groups in total. The van der Waals surface area contributed by atoms with Gasteiger partial charge in [0.05, 0.1) is 6.54 Å². The number of nitrogens with one attached hydrogen (secondary N) is 2. The first kappa shape index (κ1) is 18.0. The van der Waals surface area contributed by atoms with Crippen LogP contribution in [0.2, 0.25) is 0 Å². The number of aromatic nitrogens is 1. The van der Waals surface area contributed by atoms with E-state index >= 15 is 0 Å². The highest BCUT2D eigenvalue weighted by atomic mass is 16.5. The highest BCUT2D eigenvalue weighted by Gasteiger charge is 2.22. The molecule has 5 nitrogen and oxygen atoms in total. The Labute approximate surface area is 143 Å². The van der Waals surface area contributed by atoms with Crippen molar-refractivity contribution < 1.29 is 9.32 Å². The summed E-state index contributed by atoms with van der Waals surface area (Å²) in [6, 6.07) is 10.1. The lowest BCUT2D eigenvalue weighted by atomic mass is 9.81. The summed E-state index contributed by atoms with van der Waals surface area (Å²) in [5.74, 6) is 0. The van der Waals surface area contributed by atoms with Gasteiger partial charge in [-0.25, -0.2) is 4.79 Å². The summed E-state index contributed by atoms with van der Waals surface area (Å²) in [4.78, 5) is 11.9. The first-order chi connectivity index (χ1) is 11.2. The lowest BCUT2D eigenvalue weighted by Gasteiger charge is -2.27. The monoisotopic (exact) mass is 329 g/mol. The summed E-state index contributed by atoms with van der Waals surface area (Å²) in [5, 5.41) is 9.44. The van der Waals surface area contributed by atoms with E-state index in [1.54, 1.807) is 6.07 Å². The van der Waals surface area contributed by atoms with Crippen LogP contribution < -0.4 is 10.6 Å². The number of carbonyl (C=O) groups is 1. The molecular formula is C19H27N3O2. The van der Waals surface area contributed by atoms with Crippen molar-refractivity contribution in [3.05, 3.63) is 53.4 Å². The largest absolute Gasteiger partial charge is 0.364 e. The Hall–Kier alpha value is -2.30. The van der Waals surface area contributed by atoms with Crippen LogP contribution in [0.3, 0.4) is 0 Å². The Bertz CT molecular complexity index is 653. The molecule has 0 spiro atoms. The molecule has 1 heterocycles. The topological polar surface area (TPSA) is 67.2 Å². The fourth-order valence-corrected chi connectivity index (χ4v) is 2.39. The van der Waals surface area contributed by atoms with E-state index in [0.717, 1.165) is 0 Å². The van der Waals surface area contributed by atoms with Crippen molar-refractivity contribution in [3.63, 3.8) is 0 Å². The number of hydrogen-bond acceptors (Lipinski definition) is 3. The van der Waals surface area contributed by atoms with Gasteiger partial charge < -0.3 is 15.2 Å². The fraction of sp³-hybridized carbons (Fsp3) is 0.474. The fourth-order valence-electron chi connectivity index (χ4n) is 2.39. The number of rotatable bonds is 5. The second kappa shape index (κ2) is 7.07. The van der Waals surface area contributed by atoms with Crippen LogP contribution in [-0.4, -0.2) is 17.7 Å². The van der Waals surface area contributed by atoms with Crippen molar-refractivity contribution >= 4 is 6.03 Å². The zero-order valence-corrected chi connectivity index (χ0v) is 15.1. The molecule has 0 aliphatic heterocycles. The normalized spacial score (nSPS) is 12.0. The number of benzene rings is 1. The second-order valence-electron chi connectivity index (χ2n) is 7.74. The summed E-state index contributed by atoms with van der Waals surface area (Å²) in [7, 11) is 0. The Balaban J connectivity index is 1.89. The zero-order valence-electron chi connectivity index (χ0n) is 15.1. The van der Waals surface area contributed by atoms with Crippen molar-refractivity contribution in [1.29, 1.82) is 0 Å². The van der Waals surface area contributed by atoms with Crippen LogP contribution in [-0.2, 0) is 17.4 Å². The summed E-state index contributed by atoms with van der Waals surface area (Å²) < 4.78 is 4.73. The van der Waals surface area contributed by atoms with Crippen LogP contribution in [0.1, 0.15) is 51.4 Å². The number of amides is 2.